The molecular formula is C40H52N8O6. The van der Waals surface area contributed by atoms with Crippen molar-refractivity contribution in [2.24, 2.45) is 11.8 Å². The van der Waals surface area contributed by atoms with Gasteiger partial charge in [-0.3, -0.25) is 14.5 Å². The van der Waals surface area contributed by atoms with Crippen LogP contribution in [0.4, 0.5) is 9.59 Å². The molecule has 54 heavy (non-hydrogen) atoms. The highest BCUT2D eigenvalue weighted by atomic mass is 16.5. The topological polar surface area (TPSA) is 177 Å². The lowest BCUT2D eigenvalue weighted by molar-refractivity contribution is -0.139. The number of likely N-dealkylation sites (tertiary alicyclic amines) is 2. The summed E-state index contributed by atoms with van der Waals surface area (Å²) in [5.41, 5.74) is 3.59. The third-order valence-corrected chi connectivity index (χ3v) is 9.99. The minimum atomic E-state index is -1.14. The van der Waals surface area contributed by atoms with Gasteiger partial charge in [0.1, 0.15) is 23.7 Å². The maximum atomic E-state index is 13.8. The second-order valence-corrected chi connectivity index (χ2v) is 14.4. The Bertz CT molecular complexity index is 1840. The van der Waals surface area contributed by atoms with Gasteiger partial charge >= 0.3 is 12.2 Å². The summed E-state index contributed by atoms with van der Waals surface area (Å²) in [5.74, 6) is 0.717. The van der Waals surface area contributed by atoms with Crippen LogP contribution in [0, 0.1) is 11.8 Å². The van der Waals surface area contributed by atoms with E-state index < -0.39 is 24.3 Å². The van der Waals surface area contributed by atoms with Crippen LogP contribution in [-0.4, -0.2) is 103 Å². The number of benzene rings is 1. The molecule has 288 valence electrons. The van der Waals surface area contributed by atoms with Crippen LogP contribution in [0.15, 0.2) is 61.5 Å². The molecule has 3 aromatic rings. The maximum absolute atomic E-state index is 13.8. The van der Waals surface area contributed by atoms with Gasteiger partial charge in [0.15, 0.2) is 0 Å². The number of carbonyl (C=O) groups excluding carboxylic acids is 3. The van der Waals surface area contributed by atoms with E-state index >= 15 is 0 Å². The Hall–Kier alpha value is -5.66. The number of rotatable bonds is 14. The molecular weight excluding hydrogens is 688 g/mol. The van der Waals surface area contributed by atoms with Gasteiger partial charge in [0.2, 0.25) is 11.8 Å². The van der Waals surface area contributed by atoms with Crippen molar-refractivity contribution in [3.05, 3.63) is 84.4 Å². The van der Waals surface area contributed by atoms with Gasteiger partial charge in [0.05, 0.1) is 43.0 Å². The summed E-state index contributed by atoms with van der Waals surface area (Å²) in [5, 5.41) is 12.5. The smallest absolute Gasteiger partial charge is 0.408 e. The molecule has 4 N–H and O–H groups in total. The molecule has 0 radical (unpaired) electrons. The zero-order valence-electron chi connectivity index (χ0n) is 31.7. The van der Waals surface area contributed by atoms with Gasteiger partial charge in [-0.25, -0.2) is 19.6 Å². The number of imidazole rings is 2. The summed E-state index contributed by atoms with van der Waals surface area (Å²) < 4.78 is 4.73. The minimum absolute atomic E-state index is 0.0729. The Morgan fingerprint density at radius 1 is 0.926 bits per heavy atom. The predicted molar refractivity (Wildman–Crippen MR) is 206 cm³/mol. The van der Waals surface area contributed by atoms with Gasteiger partial charge in [0.25, 0.3) is 0 Å². The Kier molecular flexibility index (Phi) is 13.1. The van der Waals surface area contributed by atoms with Gasteiger partial charge in [-0.2, -0.15) is 0 Å². The number of methoxy groups -OCH3 is 1. The fourth-order valence-electron chi connectivity index (χ4n) is 7.26. The fourth-order valence-corrected chi connectivity index (χ4v) is 7.26. The average molecular weight is 741 g/mol. The number of hydrogen-bond donors (Lipinski definition) is 4. The molecule has 4 heterocycles. The lowest BCUT2D eigenvalue weighted by Crippen LogP contribution is -2.53. The Balaban J connectivity index is 1.19. The molecule has 0 unspecified atom stereocenters. The molecule has 2 aliphatic rings. The highest BCUT2D eigenvalue weighted by Gasteiger charge is 2.41. The van der Waals surface area contributed by atoms with Crippen molar-refractivity contribution in [3.8, 4) is 11.3 Å². The van der Waals surface area contributed by atoms with Crippen molar-refractivity contribution < 1.29 is 29.0 Å². The number of carboxylic acid groups (broad SMARTS) is 1. The molecule has 14 nitrogen and oxygen atoms in total. The standard InChI is InChI=1S/C40H52N8O6/c1-7-20-48(40(52)53)34(26(4)5)38(50)47-22-11-15-32(47)36-42-24-30(44-36)28-18-16-27(17-19-28)12-8-9-13-29-23-41-35(43-29)31-14-10-21-46(31)37(49)33(25(2)3)45-39(51)54-6/h7-9,12-13,16-19,23-26,31-34H,1,10-11,14-15,20-22H2,2-6H3,(H,41,43)(H,42,44)(H,45,51)(H,52,53)/t31-,32-,33-,34-/m0/s1. The van der Waals surface area contributed by atoms with Crippen LogP contribution < -0.4 is 5.32 Å². The third-order valence-electron chi connectivity index (χ3n) is 9.99. The molecule has 1 aromatic carbocycles. The quantitative estimate of drug-likeness (QED) is 0.108. The first kappa shape index (κ1) is 39.5. The van der Waals surface area contributed by atoms with Crippen LogP contribution in [-0.2, 0) is 14.3 Å². The van der Waals surface area contributed by atoms with Gasteiger partial charge in [-0.15, -0.1) is 6.58 Å². The SMILES string of the molecule is C=CCN(C(=O)O)[C@H](C(=O)N1CCC[C@H]1c1ncc(-c2ccc(C=CC=Cc3cnc([C@@H]4CCCN4C(=O)[C@@H](NC(=O)OC)C(C)C)[nH]3)cc2)[nH]1)C(C)C. The molecule has 14 heteroatoms. The molecule has 4 amide bonds. The molecule has 0 saturated carbocycles. The van der Waals surface area contributed by atoms with Crippen LogP contribution in [0.25, 0.3) is 23.4 Å². The number of nitrogens with one attached hydrogen (secondary N) is 3. The van der Waals surface area contributed by atoms with Crippen molar-refractivity contribution in [2.75, 3.05) is 26.7 Å². The van der Waals surface area contributed by atoms with Crippen LogP contribution in [0.1, 0.15) is 88.4 Å². The molecule has 2 saturated heterocycles. The van der Waals surface area contributed by atoms with Crippen molar-refractivity contribution >= 4 is 36.2 Å². The number of H-pyrrole nitrogens is 2. The molecule has 5 rings (SSSR count). The number of alkyl carbamates (subject to hydrolysis) is 1. The molecule has 0 spiro atoms. The molecule has 0 bridgehead atoms. The molecule has 0 aliphatic carbocycles. The average Bonchev–Trinajstić information content (AvgIpc) is 3.98. The van der Waals surface area contributed by atoms with E-state index in [1.54, 1.807) is 22.2 Å². The summed E-state index contributed by atoms with van der Waals surface area (Å²) in [6, 6.07) is 6.07. The first-order valence-corrected chi connectivity index (χ1v) is 18.5. The minimum Gasteiger partial charge on any atom is -0.465 e. The summed E-state index contributed by atoms with van der Waals surface area (Å²) in [6.45, 7) is 12.4. The van der Waals surface area contributed by atoms with Crippen LogP contribution in [0.3, 0.4) is 0 Å². The normalized spacial score (nSPS) is 18.5. The monoisotopic (exact) mass is 740 g/mol. The van der Waals surface area contributed by atoms with E-state index in [0.29, 0.717) is 24.7 Å². The number of hydrogen-bond acceptors (Lipinski definition) is 7. The lowest BCUT2D eigenvalue weighted by atomic mass is 10.0. The molecule has 2 fully saturated rings. The van der Waals surface area contributed by atoms with E-state index in [1.807, 2.05) is 76.3 Å². The number of nitrogens with zero attached hydrogens (tertiary/aromatic N) is 5. The van der Waals surface area contributed by atoms with Crippen LogP contribution in [0.5, 0.6) is 0 Å². The van der Waals surface area contributed by atoms with Gasteiger partial charge in [-0.05, 0) is 54.7 Å². The van der Waals surface area contributed by atoms with Crippen molar-refractivity contribution in [1.82, 2.24) is 40.0 Å². The van der Waals surface area contributed by atoms with Gasteiger partial charge < -0.3 is 34.9 Å². The molecule has 2 aromatic heterocycles. The van der Waals surface area contributed by atoms with Crippen molar-refractivity contribution in [3.63, 3.8) is 0 Å². The number of ether oxygens (including phenoxy) is 1. The van der Waals surface area contributed by atoms with Gasteiger partial charge in [0, 0.05) is 19.6 Å². The van der Waals surface area contributed by atoms with Crippen molar-refractivity contribution in [1.29, 1.82) is 0 Å². The maximum Gasteiger partial charge on any atom is 0.408 e. The van der Waals surface area contributed by atoms with E-state index in [-0.39, 0.29) is 42.3 Å². The van der Waals surface area contributed by atoms with Crippen LogP contribution in [0.2, 0.25) is 0 Å². The van der Waals surface area contributed by atoms with Crippen LogP contribution >= 0.6 is 0 Å². The Labute approximate surface area is 316 Å². The third kappa shape index (κ3) is 9.10. The van der Waals surface area contributed by atoms with E-state index in [2.05, 4.69) is 31.8 Å². The van der Waals surface area contributed by atoms with E-state index in [4.69, 9.17) is 4.74 Å². The zero-order valence-corrected chi connectivity index (χ0v) is 31.7. The number of allylic oxidation sites excluding steroid dienone is 2. The van der Waals surface area contributed by atoms with Crippen molar-refractivity contribution in [2.45, 2.75) is 77.5 Å². The summed E-state index contributed by atoms with van der Waals surface area (Å²) in [7, 11) is 1.28. The van der Waals surface area contributed by atoms with E-state index in [1.165, 1.54) is 13.2 Å². The highest BCUT2D eigenvalue weighted by Crippen LogP contribution is 2.34. The second-order valence-electron chi connectivity index (χ2n) is 14.4. The van der Waals surface area contributed by atoms with E-state index in [9.17, 15) is 24.3 Å². The lowest BCUT2D eigenvalue weighted by Gasteiger charge is -2.35. The summed E-state index contributed by atoms with van der Waals surface area (Å²) in [4.78, 5) is 71.7. The number of carbonyl (C=O) groups is 4. The van der Waals surface area contributed by atoms with Gasteiger partial charge in [-0.1, -0.05) is 76.3 Å². The molecule has 2 aliphatic heterocycles. The largest absolute Gasteiger partial charge is 0.465 e. The van der Waals surface area contributed by atoms with E-state index in [0.717, 1.165) is 53.1 Å². The first-order chi connectivity index (χ1) is 25.9. The molecule has 4 atom stereocenters. The number of amides is 4. The predicted octanol–water partition coefficient (Wildman–Crippen LogP) is 6.42. The zero-order chi connectivity index (χ0) is 38.9. The summed E-state index contributed by atoms with van der Waals surface area (Å²) in [6.07, 6.45) is 14.2. The fraction of sp³-hybridized carbons (Fsp3) is 0.450. The summed E-state index contributed by atoms with van der Waals surface area (Å²) >= 11 is 0. The second kappa shape index (κ2) is 17.9. The number of aromatic nitrogens is 4. The Morgan fingerprint density at radius 2 is 1.54 bits per heavy atom. The highest BCUT2D eigenvalue weighted by molar-refractivity contribution is 5.87. The number of aromatic amines is 2. The Morgan fingerprint density at radius 3 is 2.13 bits per heavy atom. The first-order valence-electron chi connectivity index (χ1n) is 18.5.